The molecule has 6 nitrogen and oxygen atoms in total. The summed E-state index contributed by atoms with van der Waals surface area (Å²) in [6.45, 7) is 0.182. The van der Waals surface area contributed by atoms with E-state index in [1.807, 2.05) is 6.07 Å². The van der Waals surface area contributed by atoms with E-state index < -0.39 is 5.97 Å². The third-order valence-corrected chi connectivity index (χ3v) is 7.48. The molecule has 5 aliphatic rings. The standard InChI is InChI=1S/C25H27NO5/c27-20(15-7-3-1-4-8-15)14-31-21(28)9-5-2-6-12-26-24(29)22-16-10-11-17(19-13-18(16)19)23(22)25(26)30/h1,3-4,7-8,10-11,16-19,22-23H,2,5-6,9,12-14H2/t16-,17+,18-,19-,22+,23-/m1/s1. The zero-order chi connectivity index (χ0) is 21.5. The van der Waals surface area contributed by atoms with Gasteiger partial charge in [0, 0.05) is 18.5 Å². The van der Waals surface area contributed by atoms with Crippen molar-refractivity contribution in [2.45, 2.75) is 32.1 Å². The van der Waals surface area contributed by atoms with Gasteiger partial charge >= 0.3 is 5.97 Å². The first-order chi connectivity index (χ1) is 15.1. The summed E-state index contributed by atoms with van der Waals surface area (Å²) in [6, 6.07) is 8.74. The lowest BCUT2D eigenvalue weighted by Crippen LogP contribution is -2.40. The van der Waals surface area contributed by atoms with Gasteiger partial charge in [0.25, 0.3) is 0 Å². The van der Waals surface area contributed by atoms with Crippen LogP contribution in [0.4, 0.5) is 0 Å². The van der Waals surface area contributed by atoms with Gasteiger partial charge in [0.2, 0.25) is 11.8 Å². The Bertz CT molecular complexity index is 902. The molecule has 31 heavy (non-hydrogen) atoms. The van der Waals surface area contributed by atoms with Crippen molar-refractivity contribution in [1.82, 2.24) is 4.90 Å². The van der Waals surface area contributed by atoms with E-state index in [2.05, 4.69) is 12.2 Å². The van der Waals surface area contributed by atoms with Crippen LogP contribution in [0.25, 0.3) is 0 Å². The van der Waals surface area contributed by atoms with Crippen molar-refractivity contribution < 1.29 is 23.9 Å². The molecular formula is C25H27NO5. The number of Topliss-reactive ketones (excluding diaryl/α,β-unsaturated/α-hetero) is 1. The molecule has 4 aliphatic carbocycles. The highest BCUT2D eigenvalue weighted by molar-refractivity contribution is 6.06. The van der Waals surface area contributed by atoms with Crippen LogP contribution in [0.1, 0.15) is 42.5 Å². The summed E-state index contributed by atoms with van der Waals surface area (Å²) in [7, 11) is 0. The van der Waals surface area contributed by atoms with Gasteiger partial charge < -0.3 is 4.74 Å². The minimum Gasteiger partial charge on any atom is -0.457 e. The second-order valence-corrected chi connectivity index (χ2v) is 9.24. The van der Waals surface area contributed by atoms with Crippen LogP contribution in [0.5, 0.6) is 0 Å². The fraction of sp³-hybridized carbons (Fsp3) is 0.520. The summed E-state index contributed by atoms with van der Waals surface area (Å²) >= 11 is 0. The Hall–Kier alpha value is -2.76. The van der Waals surface area contributed by atoms with Gasteiger partial charge in [-0.1, -0.05) is 48.9 Å². The smallest absolute Gasteiger partial charge is 0.306 e. The molecule has 2 amide bonds. The maximum Gasteiger partial charge on any atom is 0.306 e. The summed E-state index contributed by atoms with van der Waals surface area (Å²) in [4.78, 5) is 51.1. The summed E-state index contributed by atoms with van der Waals surface area (Å²) in [5, 5.41) is 0. The third-order valence-electron chi connectivity index (χ3n) is 7.48. The number of rotatable bonds is 9. The summed E-state index contributed by atoms with van der Waals surface area (Å²) in [5.74, 6) is 0.891. The zero-order valence-corrected chi connectivity index (χ0v) is 17.4. The number of carbonyl (C=O) groups excluding carboxylic acids is 4. The Labute approximate surface area is 181 Å². The maximum absolute atomic E-state index is 12.9. The molecule has 0 radical (unpaired) electrons. The second kappa shape index (κ2) is 8.06. The molecule has 162 valence electrons. The molecule has 1 aromatic carbocycles. The van der Waals surface area contributed by atoms with Crippen molar-refractivity contribution in [2.24, 2.45) is 35.5 Å². The topological polar surface area (TPSA) is 80.8 Å². The summed E-state index contributed by atoms with van der Waals surface area (Å²) < 4.78 is 5.07. The van der Waals surface area contributed by atoms with Gasteiger partial charge in [0.1, 0.15) is 0 Å². The number of imide groups is 1. The largest absolute Gasteiger partial charge is 0.457 e. The Morgan fingerprint density at radius 1 is 0.903 bits per heavy atom. The minimum absolute atomic E-state index is 0.0125. The molecule has 6 rings (SSSR count). The third kappa shape index (κ3) is 3.62. The lowest BCUT2D eigenvalue weighted by molar-refractivity contribution is -0.143. The van der Waals surface area contributed by atoms with Crippen LogP contribution in [-0.2, 0) is 19.1 Å². The van der Waals surface area contributed by atoms with Crippen molar-refractivity contribution in [3.05, 3.63) is 48.0 Å². The Balaban J connectivity index is 1.02. The normalized spacial score (nSPS) is 32.1. The monoisotopic (exact) mass is 421 g/mol. The highest BCUT2D eigenvalue weighted by atomic mass is 16.5. The highest BCUT2D eigenvalue weighted by Gasteiger charge is 2.66. The van der Waals surface area contributed by atoms with Crippen molar-refractivity contribution in [1.29, 1.82) is 0 Å². The fourth-order valence-electron chi connectivity index (χ4n) is 5.88. The average molecular weight is 421 g/mol. The first-order valence-corrected chi connectivity index (χ1v) is 11.3. The van der Waals surface area contributed by atoms with Gasteiger partial charge in [-0.3, -0.25) is 24.1 Å². The molecule has 1 aromatic rings. The number of nitrogens with zero attached hydrogens (tertiary/aromatic N) is 1. The van der Waals surface area contributed by atoms with Gasteiger partial charge in [0.15, 0.2) is 12.4 Å². The van der Waals surface area contributed by atoms with Gasteiger partial charge in [-0.15, -0.1) is 0 Å². The minimum atomic E-state index is -0.398. The fourth-order valence-corrected chi connectivity index (χ4v) is 5.88. The van der Waals surface area contributed by atoms with Crippen molar-refractivity contribution in [2.75, 3.05) is 13.2 Å². The van der Waals surface area contributed by atoms with E-state index in [4.69, 9.17) is 4.74 Å². The number of likely N-dealkylation sites (tertiary alicyclic amines) is 1. The number of ether oxygens (including phenoxy) is 1. The van der Waals surface area contributed by atoms with E-state index in [1.165, 1.54) is 11.3 Å². The number of ketones is 1. The molecule has 3 fully saturated rings. The highest BCUT2D eigenvalue weighted by Crippen LogP contribution is 2.65. The molecule has 2 saturated carbocycles. The second-order valence-electron chi connectivity index (χ2n) is 9.24. The Morgan fingerprint density at radius 3 is 2.19 bits per heavy atom. The number of allylic oxidation sites excluding steroid dienone is 2. The predicted molar refractivity (Wildman–Crippen MR) is 112 cm³/mol. The van der Waals surface area contributed by atoms with Crippen LogP contribution in [0.15, 0.2) is 42.5 Å². The van der Waals surface area contributed by atoms with Crippen LogP contribution >= 0.6 is 0 Å². The summed E-state index contributed by atoms with van der Waals surface area (Å²) in [6.07, 6.45) is 7.78. The lowest BCUT2D eigenvalue weighted by Gasteiger charge is -2.37. The van der Waals surface area contributed by atoms with Gasteiger partial charge in [-0.2, -0.15) is 0 Å². The molecule has 0 aromatic heterocycles. The quantitative estimate of drug-likeness (QED) is 0.201. The molecule has 1 heterocycles. The number of benzene rings is 1. The van der Waals surface area contributed by atoms with E-state index in [1.54, 1.807) is 24.3 Å². The Morgan fingerprint density at radius 2 is 1.55 bits per heavy atom. The lowest BCUT2D eigenvalue weighted by atomic mass is 9.63. The number of carbonyl (C=O) groups is 4. The molecule has 6 atom stereocenters. The average Bonchev–Trinajstić information content (AvgIpc) is 3.58. The van der Waals surface area contributed by atoms with Crippen LogP contribution in [-0.4, -0.2) is 41.6 Å². The number of amides is 2. The van der Waals surface area contributed by atoms with Crippen molar-refractivity contribution in [3.63, 3.8) is 0 Å². The van der Waals surface area contributed by atoms with Gasteiger partial charge in [-0.25, -0.2) is 0 Å². The van der Waals surface area contributed by atoms with E-state index in [-0.39, 0.29) is 54.3 Å². The predicted octanol–water partition coefficient (Wildman–Crippen LogP) is 3.03. The molecule has 2 bridgehead atoms. The SMILES string of the molecule is O=C(CCCCCN1C(=O)[C@@H]2[C@H]3C=C[C@H]([C@H]4C[C@H]34)[C@@H]2C1=O)OCC(=O)c1ccccc1. The van der Waals surface area contributed by atoms with E-state index >= 15 is 0 Å². The van der Waals surface area contributed by atoms with E-state index in [0.29, 0.717) is 36.8 Å². The van der Waals surface area contributed by atoms with Crippen molar-refractivity contribution in [3.8, 4) is 0 Å². The molecule has 0 N–H and O–H groups in total. The molecule has 0 unspecified atom stereocenters. The van der Waals surface area contributed by atoms with Crippen molar-refractivity contribution >= 4 is 23.6 Å². The van der Waals surface area contributed by atoms with E-state index in [0.717, 1.165) is 6.42 Å². The first kappa shape index (κ1) is 20.2. The maximum atomic E-state index is 12.9. The van der Waals surface area contributed by atoms with E-state index in [9.17, 15) is 19.2 Å². The Kier molecular flexibility index (Phi) is 5.24. The molecule has 0 spiro atoms. The molecule has 1 saturated heterocycles. The number of hydrogen-bond donors (Lipinski definition) is 0. The number of esters is 1. The number of hydrogen-bond acceptors (Lipinski definition) is 5. The van der Waals surface area contributed by atoms with Gasteiger partial charge in [0.05, 0.1) is 11.8 Å². The zero-order valence-electron chi connectivity index (χ0n) is 17.4. The van der Waals surface area contributed by atoms with Gasteiger partial charge in [-0.05, 0) is 42.9 Å². The van der Waals surface area contributed by atoms with Crippen LogP contribution < -0.4 is 0 Å². The number of unbranched alkanes of at least 4 members (excludes halogenated alkanes) is 2. The van der Waals surface area contributed by atoms with Crippen LogP contribution in [0, 0.1) is 35.5 Å². The molecule has 6 heteroatoms. The van der Waals surface area contributed by atoms with Crippen LogP contribution in [0.2, 0.25) is 0 Å². The molecular weight excluding hydrogens is 394 g/mol. The van der Waals surface area contributed by atoms with Crippen LogP contribution in [0.3, 0.4) is 0 Å². The summed E-state index contributed by atoms with van der Waals surface area (Å²) in [5.41, 5.74) is 0.525. The first-order valence-electron chi connectivity index (χ1n) is 11.3. The molecule has 1 aliphatic heterocycles.